The van der Waals surface area contributed by atoms with Crippen LogP contribution in [0.3, 0.4) is 0 Å². The van der Waals surface area contributed by atoms with Gasteiger partial charge in [0.05, 0.1) is 6.54 Å². The minimum Gasteiger partial charge on any atom is -0.382 e. The lowest BCUT2D eigenvalue weighted by Gasteiger charge is -2.27. The van der Waals surface area contributed by atoms with Gasteiger partial charge in [-0.05, 0) is 42.3 Å². The Bertz CT molecular complexity index is 578. The zero-order chi connectivity index (χ0) is 14.0. The van der Waals surface area contributed by atoms with Gasteiger partial charge in [0.25, 0.3) is 5.91 Å². The molecule has 3 rings (SSSR count). The molecule has 0 radical (unpaired) electrons. The molecule has 1 saturated carbocycles. The molecule has 1 aliphatic carbocycles. The van der Waals surface area contributed by atoms with Crippen LogP contribution in [0.5, 0.6) is 0 Å². The highest BCUT2D eigenvalue weighted by Crippen LogP contribution is 2.46. The highest BCUT2D eigenvalue weighted by atomic mass is 32.1. The first-order chi connectivity index (χ1) is 9.70. The lowest BCUT2D eigenvalue weighted by molar-refractivity contribution is 0.0169. The molecule has 0 bridgehead atoms. The quantitative estimate of drug-likeness (QED) is 0.888. The van der Waals surface area contributed by atoms with Crippen LogP contribution >= 0.6 is 11.3 Å². The Morgan fingerprint density at radius 2 is 2.00 bits per heavy atom. The maximum atomic E-state index is 12.1. The Balaban J connectivity index is 1.71. The minimum absolute atomic E-state index is 0.138. The Morgan fingerprint density at radius 3 is 2.60 bits per heavy atom. The molecule has 1 amide bonds. The van der Waals surface area contributed by atoms with Crippen LogP contribution in [0.4, 0.5) is 0 Å². The molecule has 0 aliphatic heterocycles. The van der Waals surface area contributed by atoms with Crippen molar-refractivity contribution in [2.75, 3.05) is 6.54 Å². The molecule has 0 unspecified atom stereocenters. The largest absolute Gasteiger partial charge is 0.382 e. The van der Waals surface area contributed by atoms with Crippen LogP contribution in [-0.2, 0) is 5.60 Å². The smallest absolute Gasteiger partial charge is 0.251 e. The number of hydrogen-bond acceptors (Lipinski definition) is 3. The highest BCUT2D eigenvalue weighted by molar-refractivity contribution is 7.10. The normalized spacial score (nSPS) is 17.4. The highest BCUT2D eigenvalue weighted by Gasteiger charge is 2.45. The van der Waals surface area contributed by atoms with E-state index < -0.39 is 5.60 Å². The van der Waals surface area contributed by atoms with Crippen LogP contribution in [0.1, 0.15) is 28.1 Å². The molecular weight excluding hydrogens is 270 g/mol. The monoisotopic (exact) mass is 287 g/mol. The summed E-state index contributed by atoms with van der Waals surface area (Å²) in [6.07, 6.45) is 2.05. The van der Waals surface area contributed by atoms with Gasteiger partial charge in [-0.3, -0.25) is 4.79 Å². The van der Waals surface area contributed by atoms with E-state index in [1.165, 1.54) is 0 Å². The van der Waals surface area contributed by atoms with Crippen LogP contribution in [0.25, 0.3) is 0 Å². The summed E-state index contributed by atoms with van der Waals surface area (Å²) in [5.41, 5.74) is -0.296. The molecule has 2 N–H and O–H groups in total. The molecule has 3 nitrogen and oxygen atoms in total. The number of rotatable bonds is 5. The fourth-order valence-electron chi connectivity index (χ4n) is 2.43. The molecule has 1 heterocycles. The van der Waals surface area contributed by atoms with Gasteiger partial charge in [-0.15, -0.1) is 11.3 Å². The molecule has 1 fully saturated rings. The van der Waals surface area contributed by atoms with Crippen molar-refractivity contribution in [3.05, 3.63) is 58.3 Å². The summed E-state index contributed by atoms with van der Waals surface area (Å²) >= 11 is 1.54. The molecule has 20 heavy (non-hydrogen) atoms. The van der Waals surface area contributed by atoms with Gasteiger partial charge in [0.15, 0.2) is 0 Å². The van der Waals surface area contributed by atoms with Crippen molar-refractivity contribution in [1.29, 1.82) is 0 Å². The van der Waals surface area contributed by atoms with Crippen molar-refractivity contribution in [3.8, 4) is 0 Å². The summed E-state index contributed by atoms with van der Waals surface area (Å²) < 4.78 is 0. The van der Waals surface area contributed by atoms with E-state index in [4.69, 9.17) is 0 Å². The maximum Gasteiger partial charge on any atom is 0.251 e. The molecule has 0 spiro atoms. The topological polar surface area (TPSA) is 49.3 Å². The SMILES string of the molecule is O=C(NC[C@](O)(c1cccs1)C1CC1)c1ccccc1. The Kier molecular flexibility index (Phi) is 3.59. The summed E-state index contributed by atoms with van der Waals surface area (Å²) in [5.74, 6) is 0.124. The number of nitrogens with one attached hydrogen (secondary N) is 1. The second-order valence-electron chi connectivity index (χ2n) is 5.22. The van der Waals surface area contributed by atoms with Crippen LogP contribution < -0.4 is 5.32 Å². The lowest BCUT2D eigenvalue weighted by atomic mass is 9.95. The van der Waals surface area contributed by atoms with E-state index in [-0.39, 0.29) is 18.4 Å². The van der Waals surface area contributed by atoms with Gasteiger partial charge in [0.1, 0.15) is 5.60 Å². The number of carbonyl (C=O) groups excluding carboxylic acids is 1. The van der Waals surface area contributed by atoms with Crippen molar-refractivity contribution in [1.82, 2.24) is 5.32 Å². The second kappa shape index (κ2) is 5.38. The van der Waals surface area contributed by atoms with Gasteiger partial charge in [-0.2, -0.15) is 0 Å². The number of carbonyl (C=O) groups is 1. The van der Waals surface area contributed by atoms with Crippen LogP contribution in [-0.4, -0.2) is 17.6 Å². The summed E-state index contributed by atoms with van der Waals surface area (Å²) in [7, 11) is 0. The standard InChI is InChI=1S/C16H17NO2S/c18-15(12-5-2-1-3-6-12)17-11-16(19,13-8-9-13)14-7-4-10-20-14/h1-7,10,13,19H,8-9,11H2,(H,17,18)/t16-/m1/s1. The summed E-state index contributed by atoms with van der Waals surface area (Å²) in [5, 5.41) is 15.7. The second-order valence-corrected chi connectivity index (χ2v) is 6.17. The zero-order valence-electron chi connectivity index (χ0n) is 11.1. The fraction of sp³-hybridized carbons (Fsp3) is 0.312. The van der Waals surface area contributed by atoms with Gasteiger partial charge >= 0.3 is 0 Å². The number of thiophene rings is 1. The molecule has 1 aromatic carbocycles. The molecule has 1 atom stereocenters. The number of aliphatic hydroxyl groups is 1. The summed E-state index contributed by atoms with van der Waals surface area (Å²) in [6, 6.07) is 13.0. The predicted molar refractivity (Wildman–Crippen MR) is 79.7 cm³/mol. The first kappa shape index (κ1) is 13.3. The average Bonchev–Trinajstić information content (AvgIpc) is 3.20. The predicted octanol–water partition coefficient (Wildman–Crippen LogP) is 2.78. The van der Waals surface area contributed by atoms with Gasteiger partial charge in [0.2, 0.25) is 0 Å². The third-order valence-electron chi connectivity index (χ3n) is 3.76. The van der Waals surface area contributed by atoms with E-state index in [9.17, 15) is 9.90 Å². The number of hydrogen-bond donors (Lipinski definition) is 2. The minimum atomic E-state index is -0.918. The third kappa shape index (κ3) is 2.62. The Hall–Kier alpha value is -1.65. The first-order valence-corrected chi connectivity index (χ1v) is 7.68. The van der Waals surface area contributed by atoms with Crippen LogP contribution in [0.15, 0.2) is 47.8 Å². The van der Waals surface area contributed by atoms with E-state index in [2.05, 4.69) is 5.32 Å². The van der Waals surface area contributed by atoms with Crippen molar-refractivity contribution >= 4 is 17.2 Å². The maximum absolute atomic E-state index is 12.1. The first-order valence-electron chi connectivity index (χ1n) is 6.80. The van der Waals surface area contributed by atoms with E-state index in [0.717, 1.165) is 17.7 Å². The van der Waals surface area contributed by atoms with Gasteiger partial charge in [0, 0.05) is 10.4 Å². The molecule has 0 saturated heterocycles. The summed E-state index contributed by atoms with van der Waals surface area (Å²) in [4.78, 5) is 13.0. The van der Waals surface area contributed by atoms with Crippen molar-refractivity contribution in [3.63, 3.8) is 0 Å². The lowest BCUT2D eigenvalue weighted by Crippen LogP contribution is -2.42. The van der Waals surface area contributed by atoms with E-state index >= 15 is 0 Å². The number of amides is 1. The van der Waals surface area contributed by atoms with Gasteiger partial charge in [-0.25, -0.2) is 0 Å². The van der Waals surface area contributed by atoms with E-state index in [1.54, 1.807) is 23.5 Å². The fourth-order valence-corrected chi connectivity index (χ4v) is 3.33. The van der Waals surface area contributed by atoms with Gasteiger partial charge < -0.3 is 10.4 Å². The Labute approximate surface area is 122 Å². The van der Waals surface area contributed by atoms with Crippen molar-refractivity contribution in [2.24, 2.45) is 5.92 Å². The molecule has 104 valence electrons. The number of benzene rings is 1. The van der Waals surface area contributed by atoms with Crippen molar-refractivity contribution < 1.29 is 9.90 Å². The zero-order valence-corrected chi connectivity index (χ0v) is 11.9. The molecule has 1 aromatic heterocycles. The molecule has 4 heteroatoms. The van der Waals surface area contributed by atoms with Crippen LogP contribution in [0, 0.1) is 5.92 Å². The molecule has 1 aliphatic rings. The van der Waals surface area contributed by atoms with Crippen LogP contribution in [0.2, 0.25) is 0 Å². The Morgan fingerprint density at radius 1 is 1.25 bits per heavy atom. The average molecular weight is 287 g/mol. The van der Waals surface area contributed by atoms with E-state index in [1.807, 2.05) is 35.7 Å². The third-order valence-corrected chi connectivity index (χ3v) is 4.79. The van der Waals surface area contributed by atoms with E-state index in [0.29, 0.717) is 5.56 Å². The summed E-state index contributed by atoms with van der Waals surface area (Å²) in [6.45, 7) is 0.270. The molecule has 2 aromatic rings. The molecular formula is C16H17NO2S. The van der Waals surface area contributed by atoms with Gasteiger partial charge in [-0.1, -0.05) is 24.3 Å². The van der Waals surface area contributed by atoms with Crippen molar-refractivity contribution in [2.45, 2.75) is 18.4 Å².